The molecule has 2 heterocycles. The summed E-state index contributed by atoms with van der Waals surface area (Å²) in [6.07, 6.45) is 8.60. The van der Waals surface area contributed by atoms with Gasteiger partial charge in [0.2, 0.25) is 13.2 Å². The summed E-state index contributed by atoms with van der Waals surface area (Å²) in [5.41, 5.74) is 2.22. The number of carboxylic acid groups (broad SMARTS) is 1. The summed E-state index contributed by atoms with van der Waals surface area (Å²) in [7, 11) is 2.03. The van der Waals surface area contributed by atoms with Crippen LogP contribution in [0.4, 0.5) is 0 Å². The van der Waals surface area contributed by atoms with E-state index in [4.69, 9.17) is 9.47 Å². The molecule has 3 rings (SSSR count). The Kier molecular flexibility index (Phi) is 12.0. The molecule has 0 aliphatic carbocycles. The number of benzene rings is 1. The largest absolute Gasteiger partial charge is 0.481 e. The molecule has 0 spiro atoms. The maximum absolute atomic E-state index is 12.2. The fourth-order valence-corrected chi connectivity index (χ4v) is 5.50. The van der Waals surface area contributed by atoms with E-state index in [0.717, 1.165) is 69.5 Å². The summed E-state index contributed by atoms with van der Waals surface area (Å²) in [5.74, 6) is 0.218. The molecule has 1 saturated heterocycles. The van der Waals surface area contributed by atoms with E-state index in [0.29, 0.717) is 5.75 Å². The van der Waals surface area contributed by atoms with Gasteiger partial charge in [-0.1, -0.05) is 58.3 Å². The molecule has 208 valence electrons. The molecule has 0 radical (unpaired) electrons. The number of allylic oxidation sites excluding steroid dienone is 2. The number of carbonyl (C=O) groups excluding carboxylic acids is 1. The van der Waals surface area contributed by atoms with E-state index in [2.05, 4.69) is 52.5 Å². The topological polar surface area (TPSA) is 79.3 Å². The highest BCUT2D eigenvalue weighted by Crippen LogP contribution is 2.44. The highest BCUT2D eigenvalue weighted by molar-refractivity contribution is 5.73. The van der Waals surface area contributed by atoms with Gasteiger partial charge in [-0.25, -0.2) is 0 Å². The molecule has 2 aliphatic heterocycles. The van der Waals surface area contributed by atoms with Crippen LogP contribution in [0.25, 0.3) is 0 Å². The molecule has 1 aromatic rings. The van der Waals surface area contributed by atoms with Crippen LogP contribution in [0.15, 0.2) is 29.8 Å². The Hall–Kier alpha value is -2.54. The summed E-state index contributed by atoms with van der Waals surface area (Å²) in [6, 6.07) is 5.80. The van der Waals surface area contributed by atoms with Crippen molar-refractivity contribution in [1.29, 1.82) is 0 Å². The van der Waals surface area contributed by atoms with E-state index in [1.807, 2.05) is 30.1 Å². The molecule has 0 bridgehead atoms. The molecular weight excluding hydrogens is 468 g/mol. The van der Waals surface area contributed by atoms with Gasteiger partial charge in [0, 0.05) is 31.6 Å². The number of carboxylic acids is 1. The first-order valence-electron chi connectivity index (χ1n) is 13.7. The fourth-order valence-electron chi connectivity index (χ4n) is 5.50. The van der Waals surface area contributed by atoms with Crippen LogP contribution in [0, 0.1) is 11.3 Å². The zero-order chi connectivity index (χ0) is 27.6. The molecule has 7 heteroatoms. The number of hydrogen-bond donors (Lipinski definition) is 1. The zero-order valence-corrected chi connectivity index (χ0v) is 24.0. The zero-order valence-electron chi connectivity index (χ0n) is 24.0. The van der Waals surface area contributed by atoms with E-state index < -0.39 is 11.9 Å². The number of likely N-dealkylation sites (tertiary alicyclic amines) is 1. The summed E-state index contributed by atoms with van der Waals surface area (Å²) in [5, 5.41) is 10.0. The van der Waals surface area contributed by atoms with Gasteiger partial charge >= 0.3 is 5.97 Å². The molecule has 7 nitrogen and oxygen atoms in total. The minimum Gasteiger partial charge on any atom is -0.481 e. The third-order valence-electron chi connectivity index (χ3n) is 7.17. The number of amides is 1. The van der Waals surface area contributed by atoms with Crippen molar-refractivity contribution in [2.75, 3.05) is 33.5 Å². The van der Waals surface area contributed by atoms with Gasteiger partial charge in [0.15, 0.2) is 11.5 Å². The van der Waals surface area contributed by atoms with Gasteiger partial charge in [0.25, 0.3) is 0 Å². The fraction of sp³-hybridized carbons (Fsp3) is 0.667. The minimum atomic E-state index is -0.727. The SMILES string of the molecule is CC(C)=CC(C)(C)CC1C(C(=O)O)C(c2ccc3c(c2)OCO3)CN1C.CCCCN(C=O)CCCC. The molecule has 2 aliphatic rings. The lowest BCUT2D eigenvalue weighted by atomic mass is 9.77. The highest BCUT2D eigenvalue weighted by Gasteiger charge is 2.46. The molecule has 37 heavy (non-hydrogen) atoms. The van der Waals surface area contributed by atoms with E-state index in [1.165, 1.54) is 5.57 Å². The van der Waals surface area contributed by atoms with Crippen LogP contribution in [-0.4, -0.2) is 66.8 Å². The molecule has 1 N–H and O–H groups in total. The van der Waals surface area contributed by atoms with Gasteiger partial charge in [-0.05, 0) is 63.3 Å². The van der Waals surface area contributed by atoms with Crippen LogP contribution in [0.3, 0.4) is 0 Å². The molecule has 1 fully saturated rings. The number of fused-ring (bicyclic) bond motifs is 1. The van der Waals surface area contributed by atoms with Crippen molar-refractivity contribution >= 4 is 12.4 Å². The number of nitrogens with zero attached hydrogens (tertiary/aromatic N) is 2. The Balaban J connectivity index is 0.000000371. The lowest BCUT2D eigenvalue weighted by Crippen LogP contribution is -2.37. The maximum Gasteiger partial charge on any atom is 0.308 e. The number of carbonyl (C=O) groups is 2. The van der Waals surface area contributed by atoms with Crippen molar-refractivity contribution in [3.63, 3.8) is 0 Å². The summed E-state index contributed by atoms with van der Waals surface area (Å²) in [6.45, 7) is 15.6. The van der Waals surface area contributed by atoms with E-state index in [1.54, 1.807) is 0 Å². The number of ether oxygens (including phenoxy) is 2. The average Bonchev–Trinajstić information content (AvgIpc) is 3.42. The van der Waals surface area contributed by atoms with Crippen LogP contribution in [-0.2, 0) is 9.59 Å². The third-order valence-corrected chi connectivity index (χ3v) is 7.17. The Labute approximate surface area is 223 Å². The van der Waals surface area contributed by atoms with Crippen molar-refractivity contribution in [3.8, 4) is 11.5 Å². The normalized spacial score (nSPS) is 20.7. The molecule has 3 unspecified atom stereocenters. The maximum atomic E-state index is 12.2. The number of aliphatic carboxylic acids is 1. The Morgan fingerprint density at radius 2 is 1.76 bits per heavy atom. The second-order valence-corrected chi connectivity index (χ2v) is 11.4. The quantitative estimate of drug-likeness (QED) is 0.274. The van der Waals surface area contributed by atoms with Crippen molar-refractivity contribution < 1.29 is 24.2 Å². The third kappa shape index (κ3) is 9.06. The van der Waals surface area contributed by atoms with Crippen molar-refractivity contribution in [2.45, 2.75) is 85.6 Å². The molecule has 0 aromatic heterocycles. The van der Waals surface area contributed by atoms with Gasteiger partial charge in [-0.3, -0.25) is 9.59 Å². The Morgan fingerprint density at radius 3 is 2.30 bits per heavy atom. The van der Waals surface area contributed by atoms with Gasteiger partial charge in [0.1, 0.15) is 0 Å². The molecule has 1 aromatic carbocycles. The Bertz CT molecular complexity index is 901. The minimum absolute atomic E-state index is 0.00600. The van der Waals surface area contributed by atoms with Gasteiger partial charge < -0.3 is 24.4 Å². The number of unbranched alkanes of at least 4 members (excludes halogenated alkanes) is 2. The lowest BCUT2D eigenvalue weighted by molar-refractivity contribution is -0.143. The average molecular weight is 517 g/mol. The monoisotopic (exact) mass is 516 g/mol. The number of likely N-dealkylation sites (N-methyl/N-ethyl adjacent to an activating group) is 1. The smallest absolute Gasteiger partial charge is 0.308 e. The van der Waals surface area contributed by atoms with Crippen LogP contribution < -0.4 is 9.47 Å². The summed E-state index contributed by atoms with van der Waals surface area (Å²) < 4.78 is 10.9. The lowest BCUT2D eigenvalue weighted by Gasteiger charge is -2.31. The first kappa shape index (κ1) is 30.7. The van der Waals surface area contributed by atoms with Crippen LogP contribution in [0.5, 0.6) is 11.5 Å². The van der Waals surface area contributed by atoms with Gasteiger partial charge in [0.05, 0.1) is 5.92 Å². The molecule has 3 atom stereocenters. The highest BCUT2D eigenvalue weighted by atomic mass is 16.7. The number of rotatable bonds is 12. The number of hydrogen-bond acceptors (Lipinski definition) is 5. The predicted molar refractivity (Wildman–Crippen MR) is 148 cm³/mol. The van der Waals surface area contributed by atoms with E-state index in [-0.39, 0.29) is 24.2 Å². The Morgan fingerprint density at radius 1 is 1.14 bits per heavy atom. The molecular formula is C30H48N2O5. The summed E-state index contributed by atoms with van der Waals surface area (Å²) >= 11 is 0. The van der Waals surface area contributed by atoms with Crippen LogP contribution in [0.2, 0.25) is 0 Å². The van der Waals surface area contributed by atoms with Gasteiger partial charge in [-0.2, -0.15) is 0 Å². The van der Waals surface area contributed by atoms with Crippen LogP contribution >= 0.6 is 0 Å². The van der Waals surface area contributed by atoms with Gasteiger partial charge in [-0.15, -0.1) is 0 Å². The second-order valence-electron chi connectivity index (χ2n) is 11.4. The van der Waals surface area contributed by atoms with Crippen LogP contribution in [0.1, 0.15) is 85.1 Å². The standard InChI is InChI=1S/C21H29NO4.C9H19NO/c1-13(2)9-21(3,4)10-16-19(20(23)24)15(11-22(16)5)14-6-7-17-18(8-14)26-12-25-17;1-3-5-7-10(9-11)8-6-4-2/h6-9,15-16,19H,10-12H2,1-5H3,(H,23,24);9H,3-8H2,1-2H3. The summed E-state index contributed by atoms with van der Waals surface area (Å²) in [4.78, 5) is 26.7. The second kappa shape index (κ2) is 14.4. The first-order chi connectivity index (χ1) is 17.5. The van der Waals surface area contributed by atoms with Crippen molar-refractivity contribution in [2.24, 2.45) is 11.3 Å². The molecule has 1 amide bonds. The first-order valence-corrected chi connectivity index (χ1v) is 13.7. The van der Waals surface area contributed by atoms with Crippen molar-refractivity contribution in [1.82, 2.24) is 9.80 Å². The molecule has 0 saturated carbocycles. The predicted octanol–water partition coefficient (Wildman–Crippen LogP) is 5.94. The van der Waals surface area contributed by atoms with E-state index >= 15 is 0 Å². The van der Waals surface area contributed by atoms with E-state index in [9.17, 15) is 14.7 Å². The van der Waals surface area contributed by atoms with Crippen molar-refractivity contribution in [3.05, 3.63) is 35.4 Å².